The molecule has 33 heavy (non-hydrogen) atoms. The van der Waals surface area contributed by atoms with E-state index in [9.17, 15) is 14.4 Å². The monoisotopic (exact) mass is 454 g/mol. The summed E-state index contributed by atoms with van der Waals surface area (Å²) >= 11 is 0. The molecule has 0 aliphatic heterocycles. The summed E-state index contributed by atoms with van der Waals surface area (Å²) in [5.74, 6) is 0.317. The number of H-pyrrole nitrogens is 1. The van der Waals surface area contributed by atoms with Crippen LogP contribution in [-0.2, 0) is 16.0 Å². The fourth-order valence-corrected chi connectivity index (χ4v) is 4.77. The van der Waals surface area contributed by atoms with Crippen LogP contribution in [-0.4, -0.2) is 29.4 Å². The van der Waals surface area contributed by atoms with Crippen LogP contribution in [0.15, 0.2) is 29.1 Å². The highest BCUT2D eigenvalue weighted by Crippen LogP contribution is 2.27. The summed E-state index contributed by atoms with van der Waals surface area (Å²) in [4.78, 5) is 40.4. The van der Waals surface area contributed by atoms with Gasteiger partial charge in [-0.15, -0.1) is 0 Å². The maximum absolute atomic E-state index is 13.0. The van der Waals surface area contributed by atoms with E-state index >= 15 is 0 Å². The summed E-state index contributed by atoms with van der Waals surface area (Å²) in [7, 11) is 0. The van der Waals surface area contributed by atoms with E-state index in [1.807, 2.05) is 19.1 Å². The quantitative estimate of drug-likeness (QED) is 0.384. The van der Waals surface area contributed by atoms with Gasteiger partial charge in [0.25, 0.3) is 0 Å². The van der Waals surface area contributed by atoms with Crippen molar-refractivity contribution in [1.82, 2.24) is 10.3 Å². The van der Waals surface area contributed by atoms with E-state index in [4.69, 9.17) is 5.73 Å². The van der Waals surface area contributed by atoms with Crippen molar-refractivity contribution >= 4 is 28.4 Å². The zero-order valence-electron chi connectivity index (χ0n) is 19.8. The molecule has 1 aromatic carbocycles. The summed E-state index contributed by atoms with van der Waals surface area (Å²) in [6.07, 6.45) is 10.4. The molecule has 0 bridgehead atoms. The molecule has 1 unspecified atom stereocenters. The molecule has 0 spiro atoms. The molecule has 1 heterocycles. The van der Waals surface area contributed by atoms with E-state index < -0.39 is 6.04 Å². The van der Waals surface area contributed by atoms with E-state index in [1.165, 1.54) is 32.1 Å². The lowest BCUT2D eigenvalue weighted by molar-refractivity contribution is -0.126. The number of aryl methyl sites for hydroxylation is 1. The van der Waals surface area contributed by atoms with Crippen molar-refractivity contribution in [2.24, 2.45) is 11.7 Å². The number of hydrogen-bond acceptors (Lipinski definition) is 4. The average Bonchev–Trinajstić information content (AvgIpc) is 2.82. The second kappa shape index (κ2) is 12.5. The van der Waals surface area contributed by atoms with Crippen LogP contribution in [0.2, 0.25) is 0 Å². The van der Waals surface area contributed by atoms with Gasteiger partial charge in [-0.05, 0) is 62.3 Å². The fraction of sp³-hybridized carbons (Fsp3) is 0.577. The Hall–Kier alpha value is -2.67. The van der Waals surface area contributed by atoms with E-state index in [1.54, 1.807) is 12.1 Å². The summed E-state index contributed by atoms with van der Waals surface area (Å²) in [6.45, 7) is 2.56. The van der Waals surface area contributed by atoms with Gasteiger partial charge in [-0.25, -0.2) is 0 Å². The lowest BCUT2D eigenvalue weighted by Gasteiger charge is -2.22. The summed E-state index contributed by atoms with van der Waals surface area (Å²) in [5, 5.41) is 6.84. The molecule has 5 N–H and O–H groups in total. The van der Waals surface area contributed by atoms with Crippen LogP contribution in [0.5, 0.6) is 0 Å². The van der Waals surface area contributed by atoms with Crippen LogP contribution < -0.4 is 21.9 Å². The van der Waals surface area contributed by atoms with Crippen molar-refractivity contribution in [3.05, 3.63) is 40.2 Å². The number of carbonyl (C=O) groups is 2. The largest absolute Gasteiger partial charge is 0.344 e. The molecular formula is C26H38N4O3. The molecule has 3 rings (SSSR count). The van der Waals surface area contributed by atoms with Gasteiger partial charge in [0.05, 0.1) is 5.52 Å². The van der Waals surface area contributed by atoms with E-state index in [0.717, 1.165) is 36.6 Å². The highest BCUT2D eigenvalue weighted by Gasteiger charge is 2.22. The third kappa shape index (κ3) is 7.42. The zero-order chi connectivity index (χ0) is 23.6. The number of aromatic nitrogens is 1. The van der Waals surface area contributed by atoms with Crippen molar-refractivity contribution < 1.29 is 9.59 Å². The minimum absolute atomic E-state index is 0.0658. The van der Waals surface area contributed by atoms with Crippen LogP contribution in [0.3, 0.4) is 0 Å². The topological polar surface area (TPSA) is 117 Å². The minimum atomic E-state index is -0.605. The molecule has 7 nitrogen and oxygen atoms in total. The van der Waals surface area contributed by atoms with Crippen LogP contribution in [0.25, 0.3) is 10.9 Å². The highest BCUT2D eigenvalue weighted by molar-refractivity contribution is 5.98. The van der Waals surface area contributed by atoms with Crippen LogP contribution in [0.1, 0.15) is 76.7 Å². The van der Waals surface area contributed by atoms with Gasteiger partial charge in [0.2, 0.25) is 17.4 Å². The molecule has 1 fully saturated rings. The van der Waals surface area contributed by atoms with Gasteiger partial charge in [-0.1, -0.05) is 45.1 Å². The number of nitrogens with one attached hydrogen (secondary N) is 3. The van der Waals surface area contributed by atoms with Gasteiger partial charge in [-0.2, -0.15) is 0 Å². The maximum atomic E-state index is 13.0. The average molecular weight is 455 g/mol. The summed E-state index contributed by atoms with van der Waals surface area (Å²) in [5.41, 5.74) is 7.71. The predicted molar refractivity (Wildman–Crippen MR) is 133 cm³/mol. The maximum Gasteiger partial charge on any atom is 0.248 e. The van der Waals surface area contributed by atoms with Crippen molar-refractivity contribution in [3.8, 4) is 0 Å². The normalized spacial score (nSPS) is 15.3. The molecular weight excluding hydrogens is 416 g/mol. The van der Waals surface area contributed by atoms with E-state index in [2.05, 4.69) is 15.6 Å². The van der Waals surface area contributed by atoms with Crippen LogP contribution in [0, 0.1) is 5.92 Å². The lowest BCUT2D eigenvalue weighted by Crippen LogP contribution is -2.44. The molecule has 2 amide bonds. The number of aromatic amines is 1. The molecule has 1 atom stereocenters. The fourth-order valence-electron chi connectivity index (χ4n) is 4.77. The number of hydrogen-bond donors (Lipinski definition) is 4. The Morgan fingerprint density at radius 2 is 1.94 bits per heavy atom. The number of rotatable bonds is 11. The van der Waals surface area contributed by atoms with Gasteiger partial charge in [0.15, 0.2) is 0 Å². The van der Waals surface area contributed by atoms with Gasteiger partial charge in [0, 0.05) is 23.6 Å². The number of carbonyl (C=O) groups excluding carboxylic acids is 2. The number of nitrogens with two attached hydrogens (primary N) is 1. The molecule has 7 heteroatoms. The second-order valence-corrected chi connectivity index (χ2v) is 9.21. The summed E-state index contributed by atoms with van der Waals surface area (Å²) < 4.78 is 0. The Morgan fingerprint density at radius 3 is 2.67 bits per heavy atom. The molecule has 0 saturated heterocycles. The Labute approximate surface area is 195 Å². The Kier molecular flexibility index (Phi) is 9.48. The lowest BCUT2D eigenvalue weighted by atomic mass is 9.86. The standard InChI is InChI=1S/C26H38N4O3/c1-2-19-16-25(32)30-23-17-20(12-13-21(19)23)28-26(33)22(10-6-7-15-27)29-24(31)14-11-18-8-4-3-5-9-18/h12-13,16-18,22H,2-11,14-15,27H2,1H3,(H,28,33)(H,29,31)(H,30,32). The van der Waals surface area contributed by atoms with Crippen molar-refractivity contribution in [3.63, 3.8) is 0 Å². The van der Waals surface area contributed by atoms with Crippen molar-refractivity contribution in [2.75, 3.05) is 11.9 Å². The first-order chi connectivity index (χ1) is 16.0. The molecule has 1 aromatic heterocycles. The number of anilines is 1. The number of fused-ring (bicyclic) bond motifs is 1. The predicted octanol–water partition coefficient (Wildman–Crippen LogP) is 4.00. The second-order valence-electron chi connectivity index (χ2n) is 9.21. The SMILES string of the molecule is CCc1cc(=O)[nH]c2cc(NC(=O)C(CCCCN)NC(=O)CCC3CCCCC3)ccc12. The van der Waals surface area contributed by atoms with Gasteiger partial charge in [-0.3, -0.25) is 14.4 Å². The molecule has 2 aromatic rings. The first kappa shape index (κ1) is 25.0. The highest BCUT2D eigenvalue weighted by atomic mass is 16.2. The summed E-state index contributed by atoms with van der Waals surface area (Å²) in [6, 6.07) is 6.52. The number of benzene rings is 1. The van der Waals surface area contributed by atoms with Gasteiger partial charge < -0.3 is 21.4 Å². The van der Waals surface area contributed by atoms with Gasteiger partial charge in [0.1, 0.15) is 6.04 Å². The number of amides is 2. The Bertz CT molecular complexity index is 995. The van der Waals surface area contributed by atoms with E-state index in [0.29, 0.717) is 36.5 Å². The van der Waals surface area contributed by atoms with Crippen molar-refractivity contribution in [1.29, 1.82) is 0 Å². The molecule has 1 aliphatic rings. The van der Waals surface area contributed by atoms with Crippen molar-refractivity contribution in [2.45, 2.75) is 83.6 Å². The van der Waals surface area contributed by atoms with Crippen LogP contribution in [0.4, 0.5) is 5.69 Å². The van der Waals surface area contributed by atoms with Gasteiger partial charge >= 0.3 is 0 Å². The molecule has 180 valence electrons. The first-order valence-electron chi connectivity index (χ1n) is 12.5. The zero-order valence-corrected chi connectivity index (χ0v) is 19.8. The Morgan fingerprint density at radius 1 is 1.15 bits per heavy atom. The number of unbranched alkanes of at least 4 members (excludes halogenated alkanes) is 1. The molecule has 1 saturated carbocycles. The molecule has 1 aliphatic carbocycles. The first-order valence-corrected chi connectivity index (χ1v) is 12.5. The third-order valence-electron chi connectivity index (χ3n) is 6.68. The molecule has 0 radical (unpaired) electrons. The van der Waals surface area contributed by atoms with Crippen LogP contribution >= 0.6 is 0 Å². The number of pyridine rings is 1. The third-order valence-corrected chi connectivity index (χ3v) is 6.68. The minimum Gasteiger partial charge on any atom is -0.344 e. The van der Waals surface area contributed by atoms with E-state index in [-0.39, 0.29) is 17.4 Å². The Balaban J connectivity index is 1.65. The smallest absolute Gasteiger partial charge is 0.248 e.